The van der Waals surface area contributed by atoms with E-state index in [0.717, 1.165) is 23.0 Å². The number of Topliss-reactive ketones (excluding diaryl/α,β-unsaturated/α-hetero) is 1. The van der Waals surface area contributed by atoms with Crippen LogP contribution in [0.4, 0.5) is 11.6 Å². The Morgan fingerprint density at radius 1 is 1.27 bits per heavy atom. The van der Waals surface area contributed by atoms with E-state index >= 15 is 0 Å². The molecule has 0 fully saturated rings. The van der Waals surface area contributed by atoms with Gasteiger partial charge in [-0.2, -0.15) is 0 Å². The summed E-state index contributed by atoms with van der Waals surface area (Å²) in [6.45, 7) is 3.24. The average Bonchev–Trinajstić information content (AvgIpc) is 3.38. The molecule has 2 heterocycles. The molecule has 1 amide bonds. The van der Waals surface area contributed by atoms with Crippen LogP contribution in [0, 0.1) is 27.6 Å². The average molecular weight is 453 g/mol. The Labute approximate surface area is 185 Å². The third kappa shape index (κ3) is 4.14. The lowest BCUT2D eigenvalue weighted by atomic mass is 10.0. The Morgan fingerprint density at radius 3 is 2.63 bits per heavy atom. The van der Waals surface area contributed by atoms with Gasteiger partial charge in [-0.1, -0.05) is 11.2 Å². The number of anilines is 2. The maximum Gasteiger partial charge on any atom is 0.267 e. The number of ketones is 1. The van der Waals surface area contributed by atoms with Crippen LogP contribution in [-0.2, 0) is 10.0 Å². The summed E-state index contributed by atoms with van der Waals surface area (Å²) in [6, 6.07) is 4.31. The molecule has 0 aliphatic carbocycles. The van der Waals surface area contributed by atoms with Gasteiger partial charge in [-0.05, 0) is 63.2 Å². The number of aromatic nitrogens is 1. The highest BCUT2D eigenvalue weighted by atomic mass is 32.2. The summed E-state index contributed by atoms with van der Waals surface area (Å²) in [4.78, 5) is 24.4. The summed E-state index contributed by atoms with van der Waals surface area (Å²) < 4.78 is 70.1. The number of sulfonamides is 1. The first-order valence-electron chi connectivity index (χ1n) is 11.0. The number of aryl methyl sites for hydroxylation is 3. The van der Waals surface area contributed by atoms with E-state index in [4.69, 9.17) is 11.5 Å². The van der Waals surface area contributed by atoms with Crippen LogP contribution in [0.15, 0.2) is 33.0 Å². The first-order chi connectivity index (χ1) is 16.1. The van der Waals surface area contributed by atoms with Gasteiger partial charge in [-0.25, -0.2) is 13.1 Å². The number of nitrogens with zero attached hydrogens (tertiary/aromatic N) is 1. The van der Waals surface area contributed by atoms with Gasteiger partial charge in [0.25, 0.3) is 15.9 Å². The zero-order valence-electron chi connectivity index (χ0n) is 21.5. The second-order valence-electron chi connectivity index (χ2n) is 6.59. The van der Waals surface area contributed by atoms with E-state index in [1.807, 2.05) is 0 Å². The van der Waals surface area contributed by atoms with Crippen molar-refractivity contribution in [3.8, 4) is 0 Å². The standard InChI is InChI=1S/C20H21N3O5S2/c1-10-8-11(2)17(15(9-10)14(5)24)21-19(25)18-16(6-7-29-18)30(26,27)23-20-12(3)13(4)22-28-20/h6-9,23H,1-5H3,(H,21,25)/i4D3/hD2. The van der Waals surface area contributed by atoms with Gasteiger partial charge in [0, 0.05) is 15.2 Å². The Bertz CT molecular complexity index is 1430. The second kappa shape index (κ2) is 8.04. The monoisotopic (exact) mass is 452 g/mol. The Balaban J connectivity index is 2.05. The van der Waals surface area contributed by atoms with E-state index in [0.29, 0.717) is 10.9 Å². The molecule has 2 N–H and O–H groups in total. The van der Waals surface area contributed by atoms with Gasteiger partial charge in [0.05, 0.1) is 11.4 Å². The molecule has 0 spiro atoms. The van der Waals surface area contributed by atoms with Gasteiger partial charge in [-0.15, -0.1) is 11.3 Å². The largest absolute Gasteiger partial charge is 0.337 e. The van der Waals surface area contributed by atoms with Crippen molar-refractivity contribution in [3.63, 3.8) is 0 Å². The van der Waals surface area contributed by atoms with Crippen LogP contribution in [-0.4, -0.2) is 25.3 Å². The van der Waals surface area contributed by atoms with Crippen LogP contribution < -0.4 is 10.0 Å². The van der Waals surface area contributed by atoms with Crippen LogP contribution in [0.5, 0.6) is 0 Å². The van der Waals surface area contributed by atoms with Crippen molar-refractivity contribution >= 4 is 44.6 Å². The molecule has 0 aliphatic heterocycles. The van der Waals surface area contributed by atoms with Gasteiger partial charge in [0.15, 0.2) is 8.61 Å². The number of amides is 1. The maximum absolute atomic E-state index is 13.2. The minimum atomic E-state index is -4.74. The zero-order valence-corrected chi connectivity index (χ0v) is 18.1. The van der Waals surface area contributed by atoms with Crippen molar-refractivity contribution in [2.24, 2.45) is 0 Å². The molecular formula is C20H21N3O5S2. The molecule has 1 aromatic carbocycles. The van der Waals surface area contributed by atoms with Gasteiger partial charge in [-0.3, -0.25) is 9.59 Å². The third-order valence-electron chi connectivity index (χ3n) is 4.24. The highest BCUT2D eigenvalue weighted by Crippen LogP contribution is 2.29. The summed E-state index contributed by atoms with van der Waals surface area (Å²) in [5.74, 6) is -2.05. The van der Waals surface area contributed by atoms with Gasteiger partial charge in [0.2, 0.25) is 5.88 Å². The predicted octanol–water partition coefficient (Wildman–Crippen LogP) is 4.23. The fourth-order valence-electron chi connectivity index (χ4n) is 2.76. The fourth-order valence-corrected chi connectivity index (χ4v) is 5.02. The summed E-state index contributed by atoms with van der Waals surface area (Å²) in [7, 11) is -4.74. The molecule has 0 saturated heterocycles. The first kappa shape index (κ1) is 15.8. The fraction of sp³-hybridized carbons (Fsp3) is 0.250. The minimum Gasteiger partial charge on any atom is -0.337 e. The third-order valence-corrected chi connectivity index (χ3v) is 6.58. The highest BCUT2D eigenvalue weighted by Gasteiger charge is 2.27. The topological polar surface area (TPSA) is 118 Å². The molecule has 2 aromatic heterocycles. The number of hydrogen-bond acceptors (Lipinski definition) is 7. The molecule has 30 heavy (non-hydrogen) atoms. The SMILES string of the molecule is [2H]N(C(=O)c1sccc1S(=O)(=O)N([2H])c1onc(C([2H])([2H])[2H])c1C)c1c(C)cc(C)cc1C(C)=O. The number of carbonyl (C=O) groups excluding carboxylic acids is 2. The Hall–Kier alpha value is -2.98. The quantitative estimate of drug-likeness (QED) is 0.541. The number of benzene rings is 1. The van der Waals surface area contributed by atoms with Crippen molar-refractivity contribution in [3.05, 3.63) is 56.4 Å². The molecular weight excluding hydrogens is 426 g/mol. The van der Waals surface area contributed by atoms with Crippen LogP contribution in [0.3, 0.4) is 0 Å². The number of hydrogen-bond donors (Lipinski definition) is 2. The van der Waals surface area contributed by atoms with Crippen molar-refractivity contribution < 1.29 is 29.5 Å². The molecule has 0 atom stereocenters. The number of thiophene rings is 1. The zero-order chi connectivity index (χ0) is 26.5. The van der Waals surface area contributed by atoms with Crippen molar-refractivity contribution in [1.82, 2.24) is 5.16 Å². The van der Waals surface area contributed by atoms with Crippen LogP contribution in [0.2, 0.25) is 2.82 Å². The maximum atomic E-state index is 13.2. The van der Waals surface area contributed by atoms with Crippen molar-refractivity contribution in [2.45, 2.75) is 39.4 Å². The molecule has 0 bridgehead atoms. The molecule has 158 valence electrons. The van der Waals surface area contributed by atoms with Crippen LogP contribution in [0.25, 0.3) is 0 Å². The van der Waals surface area contributed by atoms with E-state index in [-0.39, 0.29) is 32.2 Å². The lowest BCUT2D eigenvalue weighted by Gasteiger charge is -2.14. The van der Waals surface area contributed by atoms with Crippen LogP contribution in [0.1, 0.15) is 53.4 Å². The Morgan fingerprint density at radius 2 is 2.00 bits per heavy atom. The summed E-state index contributed by atoms with van der Waals surface area (Å²) in [5, 5.41) is 5.13. The number of carbonyl (C=O) groups is 2. The van der Waals surface area contributed by atoms with Gasteiger partial charge >= 0.3 is 0 Å². The lowest BCUT2D eigenvalue weighted by Crippen LogP contribution is -2.20. The smallest absolute Gasteiger partial charge is 0.267 e. The van der Waals surface area contributed by atoms with Crippen molar-refractivity contribution in [1.29, 1.82) is 0 Å². The number of rotatable bonds is 6. The molecule has 0 unspecified atom stereocenters. The van der Waals surface area contributed by atoms with E-state index in [1.165, 1.54) is 25.3 Å². The van der Waals surface area contributed by atoms with Gasteiger partial charge < -0.3 is 9.83 Å². The molecule has 10 heteroatoms. The van der Waals surface area contributed by atoms with Crippen LogP contribution >= 0.6 is 11.3 Å². The van der Waals surface area contributed by atoms with Gasteiger partial charge in [0.1, 0.15) is 9.77 Å². The lowest BCUT2D eigenvalue weighted by molar-refractivity contribution is 0.101. The summed E-state index contributed by atoms with van der Waals surface area (Å²) >= 11 is 0.736. The second-order valence-corrected chi connectivity index (χ2v) is 9.08. The molecule has 3 aromatic rings. The highest BCUT2D eigenvalue weighted by molar-refractivity contribution is 7.93. The summed E-state index contributed by atoms with van der Waals surface area (Å²) in [6.07, 6.45) is 0. The summed E-state index contributed by atoms with van der Waals surface area (Å²) in [5.41, 5.74) is 0.696. The molecule has 0 aliphatic rings. The van der Waals surface area contributed by atoms with E-state index in [1.54, 1.807) is 19.9 Å². The van der Waals surface area contributed by atoms with E-state index in [2.05, 4.69) is 5.16 Å². The molecule has 3 rings (SSSR count). The predicted molar refractivity (Wildman–Crippen MR) is 115 cm³/mol. The normalized spacial score (nSPS) is 14.2. The molecule has 0 saturated carbocycles. The van der Waals surface area contributed by atoms with Crippen molar-refractivity contribution in [2.75, 3.05) is 10.0 Å². The van der Waals surface area contributed by atoms with E-state index < -0.39 is 39.3 Å². The molecule has 8 nitrogen and oxygen atoms in total. The number of nitrogens with one attached hydrogen (secondary N) is 2. The first-order valence-corrected chi connectivity index (χ1v) is 10.9. The molecule has 0 radical (unpaired) electrons. The minimum absolute atomic E-state index is 0.0148. The Kier molecular flexibility index (Phi) is 4.23. The van der Waals surface area contributed by atoms with E-state index in [9.17, 15) is 18.0 Å².